The summed E-state index contributed by atoms with van der Waals surface area (Å²) in [7, 11) is 1.46. The number of aromatic nitrogens is 8. The van der Waals surface area contributed by atoms with Gasteiger partial charge in [0, 0.05) is 62.8 Å². The van der Waals surface area contributed by atoms with E-state index < -0.39 is 5.91 Å². The van der Waals surface area contributed by atoms with Gasteiger partial charge in [-0.15, -0.1) is 0 Å². The lowest BCUT2D eigenvalue weighted by Gasteiger charge is -2.22. The summed E-state index contributed by atoms with van der Waals surface area (Å²) in [6.07, 6.45) is 5.95. The number of carbonyl (C=O) groups is 1. The normalized spacial score (nSPS) is 13.0. The number of anilines is 1. The van der Waals surface area contributed by atoms with Crippen LogP contribution in [0.25, 0.3) is 22.6 Å². The Balaban J connectivity index is 1.33. The van der Waals surface area contributed by atoms with Crippen molar-refractivity contribution in [1.82, 2.24) is 38.4 Å². The fourth-order valence-electron chi connectivity index (χ4n) is 5.16. The molecule has 5 aromatic rings. The Hall–Kier alpha value is -5.40. The summed E-state index contributed by atoms with van der Waals surface area (Å²) in [6.45, 7) is 2.97. The molecular weight excluding hydrogens is 566 g/mol. The van der Waals surface area contributed by atoms with Gasteiger partial charge in [0.1, 0.15) is 22.9 Å². The maximum atomic E-state index is 13.6. The number of amides is 1. The fourth-order valence-corrected chi connectivity index (χ4v) is 5.16. The van der Waals surface area contributed by atoms with Gasteiger partial charge < -0.3 is 9.55 Å². The molecular formula is C30H31N9O5. The van der Waals surface area contributed by atoms with Gasteiger partial charge in [-0.2, -0.15) is 5.10 Å². The van der Waals surface area contributed by atoms with Crippen molar-refractivity contribution in [2.45, 2.75) is 51.7 Å². The average molecular weight is 598 g/mol. The van der Waals surface area contributed by atoms with Crippen molar-refractivity contribution in [2.24, 2.45) is 7.05 Å². The number of aryl methyl sites for hydroxylation is 3. The third kappa shape index (κ3) is 5.41. The molecule has 1 aliphatic rings. The molecule has 6 rings (SSSR count). The highest BCUT2D eigenvalue weighted by Crippen LogP contribution is 2.32. The van der Waals surface area contributed by atoms with Gasteiger partial charge in [0.2, 0.25) is 5.56 Å². The second kappa shape index (κ2) is 11.7. The van der Waals surface area contributed by atoms with E-state index in [4.69, 9.17) is 0 Å². The van der Waals surface area contributed by atoms with E-state index in [1.54, 1.807) is 35.0 Å². The van der Waals surface area contributed by atoms with Gasteiger partial charge in [0.25, 0.3) is 17.0 Å². The molecule has 1 aliphatic carbocycles. The quantitative estimate of drug-likeness (QED) is 0.254. The van der Waals surface area contributed by atoms with Crippen LogP contribution in [0, 0.1) is 0 Å². The van der Waals surface area contributed by atoms with Crippen LogP contribution in [-0.2, 0) is 20.1 Å². The van der Waals surface area contributed by atoms with Gasteiger partial charge in [-0.25, -0.2) is 19.4 Å². The average Bonchev–Trinajstić information content (AvgIpc) is 3.76. The van der Waals surface area contributed by atoms with Crippen LogP contribution >= 0.6 is 0 Å². The van der Waals surface area contributed by atoms with Gasteiger partial charge in [-0.3, -0.25) is 33.2 Å². The number of aromatic amines is 1. The van der Waals surface area contributed by atoms with Gasteiger partial charge >= 0.3 is 5.69 Å². The summed E-state index contributed by atoms with van der Waals surface area (Å²) in [5, 5.41) is 4.11. The highest BCUT2D eigenvalue weighted by Gasteiger charge is 2.30. The Bertz CT molecular complexity index is 2100. The van der Waals surface area contributed by atoms with Crippen LogP contribution in [0.3, 0.4) is 0 Å². The lowest BCUT2D eigenvalue weighted by atomic mass is 10.2. The first-order valence-electron chi connectivity index (χ1n) is 14.5. The Labute approximate surface area is 249 Å². The first-order valence-corrected chi connectivity index (χ1v) is 14.5. The third-order valence-corrected chi connectivity index (χ3v) is 7.57. The van der Waals surface area contributed by atoms with Gasteiger partial charge in [-0.1, -0.05) is 13.0 Å². The summed E-state index contributed by atoms with van der Waals surface area (Å²) >= 11 is 0. The van der Waals surface area contributed by atoms with E-state index in [0.717, 1.165) is 17.5 Å². The molecule has 0 radical (unpaired) electrons. The van der Waals surface area contributed by atoms with E-state index in [0.29, 0.717) is 48.8 Å². The fraction of sp³-hybridized carbons (Fsp3) is 0.333. The number of pyridine rings is 2. The summed E-state index contributed by atoms with van der Waals surface area (Å²) in [4.78, 5) is 77.7. The zero-order valence-corrected chi connectivity index (χ0v) is 24.3. The van der Waals surface area contributed by atoms with Crippen molar-refractivity contribution in [1.29, 1.82) is 0 Å². The molecule has 0 spiro atoms. The van der Waals surface area contributed by atoms with E-state index in [9.17, 15) is 24.0 Å². The van der Waals surface area contributed by atoms with E-state index in [2.05, 4.69) is 20.1 Å². The molecule has 44 heavy (non-hydrogen) atoms. The zero-order valence-electron chi connectivity index (χ0n) is 24.3. The molecule has 1 N–H and O–H groups in total. The SMILES string of the molecule is CCCn1c(=O)n(C2CC2)c(=O)c2[nH]c(-c3ccc(N(CCCn4ccccc4=O)C(=O)c4ccc(=O)n(C)n4)nc3)nc21. The molecule has 1 amide bonds. The van der Waals surface area contributed by atoms with Crippen molar-refractivity contribution in [3.63, 3.8) is 0 Å². The first kappa shape index (κ1) is 28.7. The second-order valence-electron chi connectivity index (χ2n) is 10.8. The lowest BCUT2D eigenvalue weighted by Crippen LogP contribution is -2.39. The molecule has 0 unspecified atom stereocenters. The number of hydrogen-bond donors (Lipinski definition) is 1. The summed E-state index contributed by atoms with van der Waals surface area (Å²) in [5.41, 5.74) is -0.0529. The predicted molar refractivity (Wildman–Crippen MR) is 163 cm³/mol. The second-order valence-corrected chi connectivity index (χ2v) is 10.8. The van der Waals surface area contributed by atoms with Crippen LogP contribution in [0.15, 0.2) is 74.0 Å². The molecule has 1 fully saturated rings. The van der Waals surface area contributed by atoms with Gasteiger partial charge in [0.15, 0.2) is 5.65 Å². The minimum Gasteiger partial charge on any atom is -0.332 e. The number of imidazole rings is 1. The van der Waals surface area contributed by atoms with E-state index >= 15 is 0 Å². The Morgan fingerprint density at radius 3 is 2.52 bits per heavy atom. The Morgan fingerprint density at radius 2 is 1.84 bits per heavy atom. The molecule has 0 aromatic carbocycles. The van der Waals surface area contributed by atoms with E-state index in [1.807, 2.05) is 6.92 Å². The Morgan fingerprint density at radius 1 is 1.02 bits per heavy atom. The maximum absolute atomic E-state index is 13.6. The van der Waals surface area contributed by atoms with Crippen molar-refractivity contribution in [2.75, 3.05) is 11.4 Å². The van der Waals surface area contributed by atoms with Gasteiger partial charge in [-0.05, 0) is 49.9 Å². The standard InChI is InChI=1S/C30H31N9O5/c1-3-14-38-27-25(29(43)39(30(38)44)20-9-10-20)32-26(33-27)19-8-12-22(31-18-19)37(17-6-16-36-15-5-4-7-24(36)41)28(42)21-11-13-23(40)35(2)34-21/h4-5,7-8,11-13,15,18,20H,3,6,9-10,14,16-17H2,1-2H3,(H,32,33). The molecule has 0 atom stereocenters. The number of rotatable bonds is 10. The molecule has 0 aliphatic heterocycles. The van der Waals surface area contributed by atoms with E-state index in [1.165, 1.54) is 45.5 Å². The predicted octanol–water partition coefficient (Wildman–Crippen LogP) is 1.69. The number of nitrogens with zero attached hydrogens (tertiary/aromatic N) is 8. The number of nitrogens with one attached hydrogen (secondary N) is 1. The Kier molecular flexibility index (Phi) is 7.64. The van der Waals surface area contributed by atoms with Crippen LogP contribution < -0.4 is 27.3 Å². The lowest BCUT2D eigenvalue weighted by molar-refractivity contribution is 0.0978. The number of H-pyrrole nitrogens is 1. The number of hydrogen-bond acceptors (Lipinski definition) is 8. The largest absolute Gasteiger partial charge is 0.333 e. The van der Waals surface area contributed by atoms with Crippen molar-refractivity contribution < 1.29 is 4.79 Å². The van der Waals surface area contributed by atoms with Crippen molar-refractivity contribution >= 4 is 22.9 Å². The van der Waals surface area contributed by atoms with Crippen LogP contribution in [0.5, 0.6) is 0 Å². The summed E-state index contributed by atoms with van der Waals surface area (Å²) in [5.74, 6) is 0.231. The van der Waals surface area contributed by atoms with Crippen LogP contribution in [0.1, 0.15) is 49.1 Å². The smallest absolute Gasteiger partial charge is 0.332 e. The summed E-state index contributed by atoms with van der Waals surface area (Å²) < 4.78 is 5.50. The molecule has 1 saturated carbocycles. The van der Waals surface area contributed by atoms with Crippen molar-refractivity contribution in [3.05, 3.63) is 102 Å². The summed E-state index contributed by atoms with van der Waals surface area (Å²) in [6, 6.07) is 10.8. The highest BCUT2D eigenvalue weighted by atomic mass is 16.2. The molecule has 0 bridgehead atoms. The topological polar surface area (TPSA) is 163 Å². The molecule has 5 aromatic heterocycles. The molecule has 14 heteroatoms. The maximum Gasteiger partial charge on any atom is 0.333 e. The van der Waals surface area contributed by atoms with Crippen LogP contribution in [-0.4, -0.2) is 50.9 Å². The first-order chi connectivity index (χ1) is 21.3. The molecule has 14 nitrogen and oxygen atoms in total. The zero-order chi connectivity index (χ0) is 31.0. The van der Waals surface area contributed by atoms with Crippen molar-refractivity contribution in [3.8, 4) is 11.4 Å². The third-order valence-electron chi connectivity index (χ3n) is 7.57. The molecule has 5 heterocycles. The highest BCUT2D eigenvalue weighted by molar-refractivity contribution is 6.04. The van der Waals surface area contributed by atoms with Gasteiger partial charge in [0.05, 0.1) is 0 Å². The van der Waals surface area contributed by atoms with Crippen LogP contribution in [0.4, 0.5) is 5.82 Å². The monoisotopic (exact) mass is 597 g/mol. The number of carbonyl (C=O) groups excluding carboxylic acids is 1. The minimum absolute atomic E-state index is 0.0629. The number of fused-ring (bicyclic) bond motifs is 1. The van der Waals surface area contributed by atoms with E-state index in [-0.39, 0.29) is 46.2 Å². The molecule has 226 valence electrons. The molecule has 0 saturated heterocycles. The minimum atomic E-state index is -0.464. The van der Waals surface area contributed by atoms with Crippen LogP contribution in [0.2, 0.25) is 0 Å².